The Morgan fingerprint density at radius 3 is 2.78 bits per heavy atom. The largest absolute Gasteiger partial charge is 0.490 e. The number of ether oxygens (including phenoxy) is 3. The Morgan fingerprint density at radius 1 is 1.17 bits per heavy atom. The molecule has 6 rings (SSSR count). The Morgan fingerprint density at radius 2 is 2.00 bits per heavy atom. The van der Waals surface area contributed by atoms with Gasteiger partial charge in [0.25, 0.3) is 5.91 Å². The third kappa shape index (κ3) is 6.64. The number of hydrogen-bond acceptors (Lipinski definition) is 13. The van der Waals surface area contributed by atoms with Crippen molar-refractivity contribution in [3.05, 3.63) is 63.4 Å². The molecule has 16 nitrogen and oxygen atoms in total. The monoisotopic (exact) mass is 694 g/mol. The average Bonchev–Trinajstić information content (AvgIpc) is 3.68. The Hall–Kier alpha value is -5.03. The number of nitrogens with two attached hydrogens (primary N) is 1. The van der Waals surface area contributed by atoms with Gasteiger partial charge in [-0.05, 0) is 75.3 Å². The number of aromatic nitrogens is 5. The number of nitrogens with zero attached hydrogens (tertiary/aromatic N) is 8. The standard InChI is InChI=1S/C29H31BrN10O6/c1-2-44-23-15-18(14-20(30)25(23)45-29(42)38-10-12-43-13-11-38)16-32-34-28(41)24-22(40(37-33-24)27-26(31)35-46-36-27)17-39-9-5-7-19-6-3-4-8-21(19)39/h3-4,6,8,14-16H,2,5,7,9-13,17H2,1H3,(H2,31,35)(H,34,41)/b32-16-. The van der Waals surface area contributed by atoms with Crippen molar-refractivity contribution in [2.24, 2.45) is 5.10 Å². The van der Waals surface area contributed by atoms with E-state index in [1.165, 1.54) is 16.5 Å². The molecule has 0 aliphatic carbocycles. The van der Waals surface area contributed by atoms with Gasteiger partial charge in [0.2, 0.25) is 11.6 Å². The Kier molecular flexibility index (Phi) is 9.39. The summed E-state index contributed by atoms with van der Waals surface area (Å²) in [6, 6.07) is 11.5. The SMILES string of the molecule is CCOc1cc(/C=N\NC(=O)c2nnn(-c3nonc3N)c2CN2CCCc3ccccc32)cc(Br)c1OC(=O)N1CCOCC1. The number of aryl methyl sites for hydroxylation is 1. The fraction of sp³-hybridized carbons (Fsp3) is 0.345. The minimum atomic E-state index is -0.599. The zero-order valence-corrected chi connectivity index (χ0v) is 26.5. The van der Waals surface area contributed by atoms with Crippen LogP contribution in [-0.2, 0) is 17.7 Å². The molecule has 0 saturated carbocycles. The maximum absolute atomic E-state index is 13.4. The summed E-state index contributed by atoms with van der Waals surface area (Å²) >= 11 is 3.47. The first-order chi connectivity index (χ1) is 22.4. The lowest BCUT2D eigenvalue weighted by molar-refractivity contribution is 0.0412. The minimum Gasteiger partial charge on any atom is -0.490 e. The summed E-state index contributed by atoms with van der Waals surface area (Å²) in [6.07, 6.45) is 2.84. The van der Waals surface area contributed by atoms with Crippen LogP contribution >= 0.6 is 15.9 Å². The summed E-state index contributed by atoms with van der Waals surface area (Å²) in [5.74, 6) is 0.0970. The molecule has 2 aromatic heterocycles. The quantitative estimate of drug-likeness (QED) is 0.193. The lowest BCUT2D eigenvalue weighted by atomic mass is 10.0. The predicted octanol–water partition coefficient (Wildman–Crippen LogP) is 2.94. The van der Waals surface area contributed by atoms with E-state index in [2.05, 4.69) is 58.0 Å². The molecule has 4 heterocycles. The zero-order valence-electron chi connectivity index (χ0n) is 24.9. The first kappa shape index (κ1) is 31.0. The molecule has 4 aromatic rings. The van der Waals surface area contributed by atoms with Gasteiger partial charge in [-0.1, -0.05) is 23.4 Å². The number of benzene rings is 2. The maximum atomic E-state index is 13.4. The summed E-state index contributed by atoms with van der Waals surface area (Å²) in [6.45, 7) is 4.98. The molecule has 0 bridgehead atoms. The van der Waals surface area contributed by atoms with Crippen molar-refractivity contribution in [2.45, 2.75) is 26.3 Å². The van der Waals surface area contributed by atoms with E-state index < -0.39 is 12.0 Å². The number of carbonyl (C=O) groups is 2. The van der Waals surface area contributed by atoms with Gasteiger partial charge in [0, 0.05) is 25.3 Å². The van der Waals surface area contributed by atoms with Crippen LogP contribution in [0.15, 0.2) is 50.6 Å². The Balaban J connectivity index is 1.22. The average molecular weight is 696 g/mol. The molecule has 0 radical (unpaired) electrons. The molecule has 1 fully saturated rings. The molecule has 2 aliphatic rings. The van der Waals surface area contributed by atoms with Crippen molar-refractivity contribution in [2.75, 3.05) is 50.1 Å². The van der Waals surface area contributed by atoms with E-state index in [1.807, 2.05) is 25.1 Å². The van der Waals surface area contributed by atoms with Crippen LogP contribution in [-0.4, -0.2) is 87.9 Å². The molecule has 17 heteroatoms. The number of morpholine rings is 1. The summed E-state index contributed by atoms with van der Waals surface area (Å²) in [7, 11) is 0. The van der Waals surface area contributed by atoms with Crippen LogP contribution in [0, 0.1) is 0 Å². The van der Waals surface area contributed by atoms with Gasteiger partial charge >= 0.3 is 6.09 Å². The van der Waals surface area contributed by atoms with Crippen molar-refractivity contribution in [3.63, 3.8) is 0 Å². The number of amides is 2. The maximum Gasteiger partial charge on any atom is 0.415 e. The highest BCUT2D eigenvalue weighted by Gasteiger charge is 2.28. The van der Waals surface area contributed by atoms with Crippen LogP contribution in [0.1, 0.15) is 40.7 Å². The van der Waals surface area contributed by atoms with E-state index >= 15 is 0 Å². The molecule has 240 valence electrons. The van der Waals surface area contributed by atoms with Crippen LogP contribution in [0.2, 0.25) is 0 Å². The number of anilines is 2. The van der Waals surface area contributed by atoms with Crippen molar-refractivity contribution in [1.82, 2.24) is 35.6 Å². The lowest BCUT2D eigenvalue weighted by Gasteiger charge is -2.31. The molecular formula is C29H31BrN10O6. The fourth-order valence-electron chi connectivity index (χ4n) is 5.22. The number of fused-ring (bicyclic) bond motifs is 1. The topological polar surface area (TPSA) is 188 Å². The summed E-state index contributed by atoms with van der Waals surface area (Å²) in [5, 5.41) is 19.9. The van der Waals surface area contributed by atoms with Gasteiger partial charge in [0.15, 0.2) is 17.2 Å². The van der Waals surface area contributed by atoms with Gasteiger partial charge < -0.3 is 29.7 Å². The van der Waals surface area contributed by atoms with E-state index in [-0.39, 0.29) is 29.6 Å². The normalized spacial score (nSPS) is 14.7. The van der Waals surface area contributed by atoms with Gasteiger partial charge in [-0.2, -0.15) is 9.78 Å². The second-order valence-electron chi connectivity index (χ2n) is 10.4. The van der Waals surface area contributed by atoms with E-state index in [0.717, 1.165) is 25.1 Å². The number of para-hydroxylation sites is 1. The third-order valence-electron chi connectivity index (χ3n) is 7.39. The highest BCUT2D eigenvalue weighted by Crippen LogP contribution is 2.37. The van der Waals surface area contributed by atoms with Crippen molar-refractivity contribution in [3.8, 4) is 17.3 Å². The number of nitrogens with one attached hydrogen (secondary N) is 1. The van der Waals surface area contributed by atoms with Crippen LogP contribution in [0.25, 0.3) is 5.82 Å². The number of halogens is 1. The molecular weight excluding hydrogens is 664 g/mol. The first-order valence-corrected chi connectivity index (χ1v) is 15.4. The summed E-state index contributed by atoms with van der Waals surface area (Å²) in [4.78, 5) is 29.9. The fourth-order valence-corrected chi connectivity index (χ4v) is 5.77. The second kappa shape index (κ2) is 13.9. The minimum absolute atomic E-state index is 0.00456. The molecule has 0 atom stereocenters. The van der Waals surface area contributed by atoms with Crippen LogP contribution in [0.5, 0.6) is 11.5 Å². The van der Waals surface area contributed by atoms with Crippen molar-refractivity contribution >= 4 is 45.7 Å². The summed E-state index contributed by atoms with van der Waals surface area (Å²) in [5.41, 5.74) is 11.8. The predicted molar refractivity (Wildman–Crippen MR) is 168 cm³/mol. The van der Waals surface area contributed by atoms with E-state index in [0.29, 0.717) is 54.4 Å². The molecule has 0 unspecified atom stereocenters. The number of hydrogen-bond donors (Lipinski definition) is 2. The van der Waals surface area contributed by atoms with Gasteiger partial charge in [-0.25, -0.2) is 14.8 Å². The lowest BCUT2D eigenvalue weighted by Crippen LogP contribution is -2.42. The number of nitrogen functional groups attached to an aromatic ring is 1. The van der Waals surface area contributed by atoms with Gasteiger partial charge in [-0.3, -0.25) is 4.79 Å². The van der Waals surface area contributed by atoms with Crippen LogP contribution in [0.3, 0.4) is 0 Å². The third-order valence-corrected chi connectivity index (χ3v) is 7.98. The Bertz CT molecular complexity index is 1750. The highest BCUT2D eigenvalue weighted by molar-refractivity contribution is 9.10. The van der Waals surface area contributed by atoms with Gasteiger partial charge in [-0.15, -0.1) is 5.10 Å². The molecule has 2 aliphatic heterocycles. The number of carbonyl (C=O) groups excluding carboxylic acids is 2. The smallest absolute Gasteiger partial charge is 0.415 e. The zero-order chi connectivity index (χ0) is 32.0. The second-order valence-corrected chi connectivity index (χ2v) is 11.2. The first-order valence-electron chi connectivity index (χ1n) is 14.6. The number of hydrazone groups is 1. The molecule has 3 N–H and O–H groups in total. The van der Waals surface area contributed by atoms with Gasteiger partial charge in [0.1, 0.15) is 0 Å². The van der Waals surface area contributed by atoms with Crippen molar-refractivity contribution in [1.29, 1.82) is 0 Å². The van der Waals surface area contributed by atoms with Crippen LogP contribution in [0.4, 0.5) is 16.3 Å². The number of rotatable bonds is 9. The van der Waals surface area contributed by atoms with Crippen LogP contribution < -0.4 is 25.5 Å². The van der Waals surface area contributed by atoms with E-state index in [4.69, 9.17) is 24.6 Å². The molecule has 46 heavy (non-hydrogen) atoms. The van der Waals surface area contributed by atoms with Gasteiger partial charge in [0.05, 0.1) is 42.7 Å². The molecule has 2 amide bonds. The van der Waals surface area contributed by atoms with E-state index in [9.17, 15) is 9.59 Å². The molecule has 1 saturated heterocycles. The summed E-state index contributed by atoms with van der Waals surface area (Å²) < 4.78 is 23.3. The van der Waals surface area contributed by atoms with Crippen molar-refractivity contribution < 1.29 is 28.4 Å². The Labute approximate surface area is 271 Å². The molecule has 0 spiro atoms. The van der Waals surface area contributed by atoms with E-state index in [1.54, 1.807) is 17.0 Å². The highest BCUT2D eigenvalue weighted by atomic mass is 79.9. The molecule has 2 aromatic carbocycles.